The van der Waals surface area contributed by atoms with Crippen LogP contribution in [0.5, 0.6) is 11.5 Å². The molecule has 2 aliphatic rings. The van der Waals surface area contributed by atoms with Gasteiger partial charge in [-0.05, 0) is 54.8 Å². The summed E-state index contributed by atoms with van der Waals surface area (Å²) in [5.74, 6) is 8.07. The smallest absolute Gasteiger partial charge is 0.326 e. The number of benzene rings is 2. The molecule has 11 nitrogen and oxygen atoms in total. The number of H-pyrrole nitrogens is 1. The Hall–Kier alpha value is -4.19. The van der Waals surface area contributed by atoms with Crippen molar-refractivity contribution in [2.24, 2.45) is 10.8 Å². The zero-order chi connectivity index (χ0) is 25.2. The first-order chi connectivity index (χ1) is 18.2. The van der Waals surface area contributed by atoms with Crippen LogP contribution in [0.2, 0.25) is 0 Å². The molecule has 2 aromatic carbocycles. The van der Waals surface area contributed by atoms with Gasteiger partial charge in [0.05, 0.1) is 22.8 Å². The number of hydrogen-bond acceptors (Lipinski definition) is 8. The van der Waals surface area contributed by atoms with Crippen LogP contribution in [0.1, 0.15) is 31.9 Å². The molecule has 1 atom stereocenters. The van der Waals surface area contributed by atoms with E-state index in [2.05, 4.69) is 20.3 Å². The zero-order valence-corrected chi connectivity index (χ0v) is 21.0. The molecule has 6 rings (SSSR count). The number of piperidine rings is 1. The van der Waals surface area contributed by atoms with Crippen molar-refractivity contribution in [1.82, 2.24) is 31.0 Å². The van der Waals surface area contributed by atoms with Gasteiger partial charge < -0.3 is 26.0 Å². The molecule has 11 heteroatoms. The van der Waals surface area contributed by atoms with Crippen molar-refractivity contribution in [3.05, 3.63) is 83.0 Å². The Morgan fingerprint density at radius 3 is 2.58 bits per heavy atom. The molecule has 1 saturated heterocycles. The standard InChI is InChI=1S/C27H29N7O3.H3N.H2/c28-32-26(30-19-5-6-23-24(17-19)37-16-15-36-23)25(18-7-11-29-12-8-18)33-13-9-20(10-14-33)34-22-4-2-1-3-21(22)31-27(34)35;;/h1-8,11-12,17,20,25H,9-10,13-16,28H2,(H,30,32)(H,31,35);1H3;1H. The molecule has 4 aromatic rings. The van der Waals surface area contributed by atoms with E-state index in [4.69, 9.17) is 20.3 Å². The molecule has 200 valence electrons. The Labute approximate surface area is 221 Å². The van der Waals surface area contributed by atoms with E-state index in [0.717, 1.165) is 48.2 Å². The van der Waals surface area contributed by atoms with E-state index >= 15 is 0 Å². The minimum Gasteiger partial charge on any atom is -0.486 e. The van der Waals surface area contributed by atoms with Crippen molar-refractivity contribution in [3.63, 3.8) is 0 Å². The summed E-state index contributed by atoms with van der Waals surface area (Å²) in [6, 6.07) is 17.3. The molecule has 7 N–H and O–H groups in total. The molecule has 0 bridgehead atoms. The lowest BCUT2D eigenvalue weighted by molar-refractivity contribution is 0.164. The monoisotopic (exact) mass is 518 g/mol. The average molecular weight is 519 g/mol. The summed E-state index contributed by atoms with van der Waals surface area (Å²) in [5, 5.41) is 0. The summed E-state index contributed by atoms with van der Waals surface area (Å²) in [4.78, 5) is 27.2. The lowest BCUT2D eigenvalue weighted by Gasteiger charge is -2.38. The molecular weight excluding hydrogens is 484 g/mol. The molecule has 0 aliphatic carbocycles. The Morgan fingerprint density at radius 1 is 1.08 bits per heavy atom. The second kappa shape index (κ2) is 11.1. The van der Waals surface area contributed by atoms with Crippen LogP contribution in [0.25, 0.3) is 11.0 Å². The van der Waals surface area contributed by atoms with Crippen LogP contribution in [-0.4, -0.2) is 51.6 Å². The van der Waals surface area contributed by atoms with Gasteiger partial charge in [0.2, 0.25) is 0 Å². The third-order valence-electron chi connectivity index (χ3n) is 7.06. The Morgan fingerprint density at radius 2 is 1.82 bits per heavy atom. The number of rotatable bonds is 5. The summed E-state index contributed by atoms with van der Waals surface area (Å²) in [6.45, 7) is 2.59. The third kappa shape index (κ3) is 4.86. The van der Waals surface area contributed by atoms with E-state index in [1.165, 1.54) is 0 Å². The molecule has 0 saturated carbocycles. The Bertz CT molecular complexity index is 1480. The quantitative estimate of drug-likeness (QED) is 0.135. The molecule has 4 heterocycles. The van der Waals surface area contributed by atoms with Crippen LogP contribution in [0, 0.1) is 0 Å². The molecule has 2 aromatic heterocycles. The first-order valence-corrected chi connectivity index (χ1v) is 12.5. The van der Waals surface area contributed by atoms with E-state index in [9.17, 15) is 4.79 Å². The molecule has 2 aliphatic heterocycles. The van der Waals surface area contributed by atoms with Gasteiger partial charge in [0.25, 0.3) is 0 Å². The predicted molar refractivity (Wildman–Crippen MR) is 148 cm³/mol. The van der Waals surface area contributed by atoms with E-state index in [0.29, 0.717) is 30.5 Å². The molecule has 1 unspecified atom stereocenters. The van der Waals surface area contributed by atoms with Crippen molar-refractivity contribution in [2.45, 2.75) is 24.9 Å². The SMILES string of the molecule is N.NNC(=Nc1ccc2c(c1)OCCO2)C(c1ccncc1)N1CCC(n2c(=O)[nH]c3ccccc32)CC1.[HH]. The van der Waals surface area contributed by atoms with Crippen molar-refractivity contribution in [2.75, 3.05) is 26.3 Å². The third-order valence-corrected chi connectivity index (χ3v) is 7.06. The number of nitrogens with zero attached hydrogens (tertiary/aromatic N) is 4. The number of likely N-dealkylation sites (tertiary alicyclic amines) is 1. The van der Waals surface area contributed by atoms with Gasteiger partial charge >= 0.3 is 5.69 Å². The van der Waals surface area contributed by atoms with Gasteiger partial charge in [-0.3, -0.25) is 14.5 Å². The zero-order valence-electron chi connectivity index (χ0n) is 21.0. The van der Waals surface area contributed by atoms with Gasteiger partial charge in [-0.15, -0.1) is 0 Å². The van der Waals surface area contributed by atoms with Crippen LogP contribution in [0.15, 0.2) is 76.8 Å². The Kier molecular flexibility index (Phi) is 7.40. The number of aromatic nitrogens is 3. The number of fused-ring (bicyclic) bond motifs is 2. The van der Waals surface area contributed by atoms with Crippen molar-refractivity contribution in [3.8, 4) is 11.5 Å². The average Bonchev–Trinajstić information content (AvgIpc) is 3.29. The summed E-state index contributed by atoms with van der Waals surface area (Å²) >= 11 is 0. The Balaban J connectivity index is 0.00000176. The van der Waals surface area contributed by atoms with Crippen LogP contribution in [0.4, 0.5) is 5.69 Å². The number of nitrogens with two attached hydrogens (primary N) is 1. The summed E-state index contributed by atoms with van der Waals surface area (Å²) in [5.41, 5.74) is 6.36. The van der Waals surface area contributed by atoms with Gasteiger partial charge in [-0.1, -0.05) is 12.1 Å². The van der Waals surface area contributed by atoms with Gasteiger partial charge in [-0.2, -0.15) is 0 Å². The normalized spacial score (nSPS) is 17.1. The predicted octanol–water partition coefficient (Wildman–Crippen LogP) is 3.48. The second-order valence-electron chi connectivity index (χ2n) is 9.24. The number of nitrogens with one attached hydrogen (secondary N) is 2. The highest BCUT2D eigenvalue weighted by atomic mass is 16.6. The lowest BCUT2D eigenvalue weighted by Crippen LogP contribution is -2.47. The molecule has 0 radical (unpaired) electrons. The number of para-hydroxylation sites is 2. The number of hydrazine groups is 1. The molecule has 0 amide bonds. The van der Waals surface area contributed by atoms with E-state index in [1.54, 1.807) is 12.4 Å². The second-order valence-corrected chi connectivity index (χ2v) is 9.24. The van der Waals surface area contributed by atoms with Crippen LogP contribution in [-0.2, 0) is 0 Å². The number of aliphatic imine (C=N–C) groups is 1. The topological polar surface area (TPSA) is 158 Å². The molecule has 0 spiro atoms. The van der Waals surface area contributed by atoms with E-state index in [1.807, 2.05) is 59.2 Å². The van der Waals surface area contributed by atoms with Gasteiger partial charge in [0.15, 0.2) is 11.5 Å². The highest BCUT2D eigenvalue weighted by Gasteiger charge is 2.31. The van der Waals surface area contributed by atoms with Crippen LogP contribution >= 0.6 is 0 Å². The van der Waals surface area contributed by atoms with Gasteiger partial charge in [-0.25, -0.2) is 15.6 Å². The van der Waals surface area contributed by atoms with Crippen LogP contribution in [0.3, 0.4) is 0 Å². The summed E-state index contributed by atoms with van der Waals surface area (Å²) in [7, 11) is 0. The highest BCUT2D eigenvalue weighted by molar-refractivity contribution is 5.90. The maximum atomic E-state index is 12.8. The first-order valence-electron chi connectivity index (χ1n) is 12.5. The molecule has 1 fully saturated rings. The van der Waals surface area contributed by atoms with E-state index in [-0.39, 0.29) is 25.4 Å². The fraction of sp³-hybridized carbons (Fsp3) is 0.296. The number of pyridine rings is 1. The van der Waals surface area contributed by atoms with Gasteiger partial charge in [0, 0.05) is 39.0 Å². The minimum atomic E-state index is -0.207. The molecule has 38 heavy (non-hydrogen) atoms. The van der Waals surface area contributed by atoms with Crippen molar-refractivity contribution < 1.29 is 10.9 Å². The van der Waals surface area contributed by atoms with E-state index < -0.39 is 0 Å². The number of imidazole rings is 1. The maximum absolute atomic E-state index is 12.8. The van der Waals surface area contributed by atoms with Crippen molar-refractivity contribution in [1.29, 1.82) is 0 Å². The minimum absolute atomic E-state index is 0. The fourth-order valence-electron chi connectivity index (χ4n) is 5.34. The summed E-state index contributed by atoms with van der Waals surface area (Å²) in [6.07, 6.45) is 5.20. The van der Waals surface area contributed by atoms with Gasteiger partial charge in [0.1, 0.15) is 19.0 Å². The van der Waals surface area contributed by atoms with Crippen LogP contribution < -0.4 is 32.6 Å². The maximum Gasteiger partial charge on any atom is 0.326 e. The first kappa shape index (κ1) is 25.5. The fourth-order valence-corrected chi connectivity index (χ4v) is 5.34. The number of hydrogen-bond donors (Lipinski definition) is 4. The number of ether oxygens (including phenoxy) is 2. The molecular formula is C27H34N8O3. The largest absolute Gasteiger partial charge is 0.486 e. The summed E-state index contributed by atoms with van der Waals surface area (Å²) < 4.78 is 13.3. The number of aromatic amines is 1. The number of amidine groups is 1. The lowest BCUT2D eigenvalue weighted by atomic mass is 9.98. The van der Waals surface area contributed by atoms with Crippen molar-refractivity contribution >= 4 is 22.6 Å². The highest BCUT2D eigenvalue weighted by Crippen LogP contribution is 2.35.